The zero-order chi connectivity index (χ0) is 32.3. The van der Waals surface area contributed by atoms with Gasteiger partial charge in [-0.3, -0.25) is 19.4 Å². The summed E-state index contributed by atoms with van der Waals surface area (Å²) in [7, 11) is 0. The van der Waals surface area contributed by atoms with Crippen LogP contribution >= 0.6 is 0 Å². The molecule has 246 valence electrons. The third-order valence-corrected chi connectivity index (χ3v) is 10.7. The Morgan fingerprint density at radius 1 is 0.936 bits per heavy atom. The number of hydrogen-bond acceptors (Lipinski definition) is 6. The van der Waals surface area contributed by atoms with Gasteiger partial charge < -0.3 is 14.3 Å². The van der Waals surface area contributed by atoms with Gasteiger partial charge in [-0.2, -0.15) is 0 Å². The fourth-order valence-electron chi connectivity index (χ4n) is 8.54. The van der Waals surface area contributed by atoms with Gasteiger partial charge in [0, 0.05) is 31.6 Å². The van der Waals surface area contributed by atoms with Crippen molar-refractivity contribution in [2.45, 2.75) is 77.2 Å². The molecule has 0 bridgehead atoms. The number of hydrogen-bond donors (Lipinski definition) is 1. The Kier molecular flexibility index (Phi) is 9.57. The molecule has 1 aromatic heterocycles. The second-order valence-electron chi connectivity index (χ2n) is 13.6. The molecule has 3 aliphatic heterocycles. The summed E-state index contributed by atoms with van der Waals surface area (Å²) >= 11 is 0. The van der Waals surface area contributed by atoms with Gasteiger partial charge >= 0.3 is 0 Å². The maximum absolute atomic E-state index is 14.2. The zero-order valence-electron chi connectivity index (χ0n) is 27.4. The van der Waals surface area contributed by atoms with E-state index in [-0.39, 0.29) is 48.3 Å². The Balaban J connectivity index is 1.07. The molecular formula is C40H46N2O5. The summed E-state index contributed by atoms with van der Waals surface area (Å²) in [6.07, 6.45) is 7.83. The van der Waals surface area contributed by atoms with E-state index in [0.29, 0.717) is 24.5 Å². The number of amides is 2. The van der Waals surface area contributed by atoms with E-state index in [2.05, 4.69) is 54.3 Å². The Labute approximate surface area is 277 Å². The highest BCUT2D eigenvalue weighted by Gasteiger charge is 2.58. The van der Waals surface area contributed by atoms with Gasteiger partial charge in [-0.05, 0) is 79.0 Å². The van der Waals surface area contributed by atoms with Crippen LogP contribution in [0.15, 0.2) is 88.4 Å². The van der Waals surface area contributed by atoms with Crippen molar-refractivity contribution in [2.24, 2.45) is 17.8 Å². The molecule has 4 aliphatic rings. The summed E-state index contributed by atoms with van der Waals surface area (Å²) < 4.78 is 12.4. The minimum Gasteiger partial charge on any atom is -0.459 e. The van der Waals surface area contributed by atoms with Crippen LogP contribution in [0.1, 0.15) is 74.5 Å². The number of carbonyl (C=O) groups is 2. The van der Waals surface area contributed by atoms with Gasteiger partial charge in [0.05, 0.1) is 24.5 Å². The fraction of sp³-hybridized carbons (Fsp3) is 0.450. The summed E-state index contributed by atoms with van der Waals surface area (Å²) in [6.45, 7) is 5.25. The molecule has 3 fully saturated rings. The molecule has 47 heavy (non-hydrogen) atoms. The monoisotopic (exact) mass is 634 g/mol. The van der Waals surface area contributed by atoms with E-state index < -0.39 is 0 Å². The number of nitrogens with zero attached hydrogens (tertiary/aromatic N) is 2. The molecule has 4 atom stereocenters. The quantitative estimate of drug-likeness (QED) is 0.183. The number of aliphatic hydroxyl groups excluding tert-OH is 1. The topological polar surface area (TPSA) is 83.2 Å². The molecule has 0 unspecified atom stereocenters. The minimum absolute atomic E-state index is 0.0182. The molecule has 7 rings (SSSR count). The first kappa shape index (κ1) is 31.8. The zero-order valence-corrected chi connectivity index (χ0v) is 27.4. The summed E-state index contributed by atoms with van der Waals surface area (Å²) in [5, 5.41) is 9.49. The van der Waals surface area contributed by atoms with Crippen molar-refractivity contribution >= 4 is 23.5 Å². The van der Waals surface area contributed by atoms with Crippen molar-refractivity contribution < 1.29 is 23.8 Å². The number of rotatable bonds is 11. The highest BCUT2D eigenvalue weighted by Crippen LogP contribution is 2.51. The number of ether oxygens (including phenoxy) is 1. The van der Waals surface area contributed by atoms with Gasteiger partial charge in [-0.1, -0.05) is 79.6 Å². The summed E-state index contributed by atoms with van der Waals surface area (Å²) in [5.74, 6) is 0.737. The molecule has 0 spiro atoms. The van der Waals surface area contributed by atoms with Crippen LogP contribution in [-0.2, 0) is 27.5 Å². The lowest BCUT2D eigenvalue weighted by atomic mass is 9.68. The molecule has 0 radical (unpaired) electrons. The maximum Gasteiger partial charge on any atom is 0.234 e. The van der Waals surface area contributed by atoms with E-state index in [9.17, 15) is 14.7 Å². The highest BCUT2D eigenvalue weighted by atomic mass is 16.5. The van der Waals surface area contributed by atoms with Gasteiger partial charge in [0.25, 0.3) is 0 Å². The number of fused-ring (bicyclic) bond motifs is 3. The molecule has 0 saturated carbocycles. The molecule has 3 saturated heterocycles. The molecule has 2 aromatic carbocycles. The molecular weight excluding hydrogens is 588 g/mol. The largest absolute Gasteiger partial charge is 0.459 e. The number of benzene rings is 2. The van der Waals surface area contributed by atoms with Crippen LogP contribution in [0.4, 0.5) is 0 Å². The van der Waals surface area contributed by atoms with Crippen LogP contribution in [0.3, 0.4) is 0 Å². The average molecular weight is 635 g/mol. The summed E-state index contributed by atoms with van der Waals surface area (Å²) in [6, 6.07) is 24.5. The Morgan fingerprint density at radius 2 is 1.68 bits per heavy atom. The van der Waals surface area contributed by atoms with Crippen LogP contribution in [0.5, 0.6) is 0 Å². The van der Waals surface area contributed by atoms with E-state index in [1.165, 1.54) is 16.7 Å². The highest BCUT2D eigenvalue weighted by molar-refractivity contribution is 6.06. The third kappa shape index (κ3) is 6.54. The first-order valence-electron chi connectivity index (χ1n) is 17.5. The van der Waals surface area contributed by atoms with Crippen LogP contribution in [0.25, 0.3) is 11.6 Å². The van der Waals surface area contributed by atoms with Crippen molar-refractivity contribution in [1.82, 2.24) is 9.80 Å². The van der Waals surface area contributed by atoms with E-state index in [1.807, 2.05) is 30.3 Å². The van der Waals surface area contributed by atoms with E-state index >= 15 is 0 Å². The number of imide groups is 1. The van der Waals surface area contributed by atoms with E-state index in [4.69, 9.17) is 9.15 Å². The Morgan fingerprint density at radius 3 is 2.38 bits per heavy atom. The first-order chi connectivity index (χ1) is 23.0. The molecule has 7 heteroatoms. The van der Waals surface area contributed by atoms with Gasteiger partial charge in [0.1, 0.15) is 18.1 Å². The lowest BCUT2D eigenvalue weighted by Gasteiger charge is -2.36. The number of allylic oxidation sites excluding steroid dienone is 2. The first-order valence-corrected chi connectivity index (χ1v) is 17.5. The molecule has 1 aliphatic carbocycles. The predicted molar refractivity (Wildman–Crippen MR) is 182 cm³/mol. The van der Waals surface area contributed by atoms with Crippen LogP contribution < -0.4 is 0 Å². The van der Waals surface area contributed by atoms with Gasteiger partial charge in [0.15, 0.2) is 0 Å². The van der Waals surface area contributed by atoms with E-state index in [1.54, 1.807) is 11.0 Å². The lowest BCUT2D eigenvalue weighted by molar-refractivity contribution is -0.144. The minimum atomic E-state index is -0.311. The SMILES string of the molecule is CCCC1=C2[C@@H](CC/C(=C/c3ccc(CO)o3)c3ccccc3)OC[C@@H]2[C@@H]2C(=O)N(C3CCN(Cc4ccccc4)CC3)C(=O)[C@@H]2C1. The second-order valence-corrected chi connectivity index (χ2v) is 13.6. The van der Waals surface area contributed by atoms with Crippen molar-refractivity contribution in [2.75, 3.05) is 19.7 Å². The summed E-state index contributed by atoms with van der Waals surface area (Å²) in [4.78, 5) is 32.3. The van der Waals surface area contributed by atoms with Gasteiger partial charge in [0.2, 0.25) is 11.8 Å². The average Bonchev–Trinajstić information content (AvgIpc) is 3.81. The molecule has 1 N–H and O–H groups in total. The number of likely N-dealkylation sites (tertiary alicyclic amines) is 2. The van der Waals surface area contributed by atoms with E-state index in [0.717, 1.165) is 69.3 Å². The fourth-order valence-corrected chi connectivity index (χ4v) is 8.54. The Hall–Kier alpha value is -3.78. The Bertz CT molecular complexity index is 1620. The standard InChI is InChI=1S/C40H46N2O5/c1-2-9-30-23-34-38(40(45)42(39(34)44)31-18-20-41(21-19-31)24-27-10-5-3-6-11-27)35-26-46-36(37(30)35)17-14-29(28-12-7-4-8-13-28)22-32-15-16-33(25-43)47-32/h3-8,10-13,15-16,22,31,34-36,38,43H,2,9,14,17-21,23-26H2,1H3/b29-22-/t34-,35+,36-,38-/m1/s1. The van der Waals surface area contributed by atoms with Crippen molar-refractivity contribution in [1.29, 1.82) is 0 Å². The normalized spacial score (nSPS) is 25.5. The molecule has 2 amide bonds. The predicted octanol–water partition coefficient (Wildman–Crippen LogP) is 6.87. The molecule has 7 nitrogen and oxygen atoms in total. The number of carbonyl (C=O) groups excluding carboxylic acids is 2. The van der Waals surface area contributed by atoms with Crippen LogP contribution in [0, 0.1) is 17.8 Å². The number of piperidine rings is 1. The molecule has 3 aromatic rings. The second kappa shape index (κ2) is 14.1. The third-order valence-electron chi connectivity index (χ3n) is 10.7. The van der Waals surface area contributed by atoms with Crippen LogP contribution in [0.2, 0.25) is 0 Å². The smallest absolute Gasteiger partial charge is 0.234 e. The van der Waals surface area contributed by atoms with Crippen molar-refractivity contribution in [3.05, 3.63) is 107 Å². The van der Waals surface area contributed by atoms with Gasteiger partial charge in [-0.15, -0.1) is 0 Å². The van der Waals surface area contributed by atoms with Crippen molar-refractivity contribution in [3.8, 4) is 0 Å². The molecule has 4 heterocycles. The lowest BCUT2D eigenvalue weighted by Crippen LogP contribution is -2.47. The van der Waals surface area contributed by atoms with Crippen LogP contribution in [-0.4, -0.2) is 58.6 Å². The summed E-state index contributed by atoms with van der Waals surface area (Å²) in [5.41, 5.74) is 6.19. The van der Waals surface area contributed by atoms with Gasteiger partial charge in [-0.25, -0.2) is 0 Å². The van der Waals surface area contributed by atoms with Crippen molar-refractivity contribution in [3.63, 3.8) is 0 Å². The number of furan rings is 1. The number of aliphatic hydroxyl groups is 1. The maximum atomic E-state index is 14.2.